The van der Waals surface area contributed by atoms with E-state index in [1.807, 2.05) is 25.1 Å². The molecule has 0 aliphatic heterocycles. The number of halogens is 1. The Bertz CT molecular complexity index is 315. The smallest absolute Gasteiger partial charge is 0.160 e. The normalized spacial score (nSPS) is 10.9. The van der Waals surface area contributed by atoms with Gasteiger partial charge in [-0.25, -0.2) is 0 Å². The van der Waals surface area contributed by atoms with Crippen LogP contribution in [0.3, 0.4) is 0 Å². The van der Waals surface area contributed by atoms with Gasteiger partial charge in [-0.2, -0.15) is 0 Å². The second-order valence-corrected chi connectivity index (χ2v) is 4.19. The second kappa shape index (κ2) is 5.20. The summed E-state index contributed by atoms with van der Waals surface area (Å²) in [6.07, 6.45) is 5.81. The third kappa shape index (κ3) is 2.98. The Morgan fingerprint density at radius 1 is 1.62 bits per heavy atom. The number of thiophene rings is 1. The van der Waals surface area contributed by atoms with Gasteiger partial charge >= 0.3 is 0 Å². The molecule has 1 aromatic heterocycles. The van der Waals surface area contributed by atoms with E-state index in [2.05, 4.69) is 0 Å². The van der Waals surface area contributed by atoms with E-state index in [0.29, 0.717) is 5.88 Å². The molecule has 1 aromatic rings. The van der Waals surface area contributed by atoms with Gasteiger partial charge in [-0.1, -0.05) is 6.08 Å². The van der Waals surface area contributed by atoms with Gasteiger partial charge in [0.1, 0.15) is 0 Å². The first-order valence-corrected chi connectivity index (χ1v) is 5.41. The fourth-order valence-electron chi connectivity index (χ4n) is 0.998. The number of carbonyl (C=O) groups is 1. The molecule has 0 spiro atoms. The first kappa shape index (κ1) is 10.5. The van der Waals surface area contributed by atoms with Crippen LogP contribution in [0.25, 0.3) is 6.08 Å². The summed E-state index contributed by atoms with van der Waals surface area (Å²) in [5.74, 6) is 0.640. The van der Waals surface area contributed by atoms with Gasteiger partial charge in [0.15, 0.2) is 6.29 Å². The largest absolute Gasteiger partial charge is 0.297 e. The van der Waals surface area contributed by atoms with Gasteiger partial charge in [0, 0.05) is 10.8 Å². The first-order valence-electron chi connectivity index (χ1n) is 4.06. The molecular formula is C10H11ClOS. The van der Waals surface area contributed by atoms with Crippen molar-refractivity contribution in [1.82, 2.24) is 0 Å². The van der Waals surface area contributed by atoms with Crippen LogP contribution in [0, 0.1) is 6.92 Å². The Balaban J connectivity index is 2.76. The lowest BCUT2D eigenvalue weighted by atomic mass is 10.2. The molecule has 0 atom stereocenters. The van der Waals surface area contributed by atoms with E-state index in [4.69, 9.17) is 11.6 Å². The maximum absolute atomic E-state index is 10.5. The molecule has 0 fully saturated rings. The molecule has 0 amide bonds. The summed E-state index contributed by atoms with van der Waals surface area (Å²) in [5, 5.41) is 0. The number of hydrogen-bond donors (Lipinski definition) is 0. The quantitative estimate of drug-likeness (QED) is 0.554. The van der Waals surface area contributed by atoms with Crippen LogP contribution >= 0.6 is 22.9 Å². The van der Waals surface area contributed by atoms with Crippen molar-refractivity contribution < 1.29 is 4.79 Å². The molecule has 3 heteroatoms. The predicted octanol–water partition coefficient (Wildman–Crippen LogP) is 3.51. The molecule has 0 radical (unpaired) electrons. The van der Waals surface area contributed by atoms with Crippen LogP contribution in [0.1, 0.15) is 26.5 Å². The average molecular weight is 215 g/mol. The maximum Gasteiger partial charge on any atom is 0.160 e. The minimum atomic E-state index is 0.640. The van der Waals surface area contributed by atoms with Crippen LogP contribution in [-0.4, -0.2) is 12.2 Å². The molecular weight excluding hydrogens is 204 g/mol. The average Bonchev–Trinajstić information content (AvgIpc) is 2.48. The zero-order chi connectivity index (χ0) is 9.68. The number of aldehydes is 1. The number of allylic oxidation sites excluding steroid dienone is 1. The van der Waals surface area contributed by atoms with Gasteiger partial charge < -0.3 is 0 Å². The minimum absolute atomic E-state index is 0.640. The van der Waals surface area contributed by atoms with Crippen LogP contribution in [0.2, 0.25) is 0 Å². The standard InChI is InChI=1S/C10H11ClOS/c1-8-6-9(7-12)13-10(8)4-2-3-5-11/h2,4,6-7H,3,5H2,1H3. The Hall–Kier alpha value is -0.600. The van der Waals surface area contributed by atoms with Crippen molar-refractivity contribution >= 4 is 35.3 Å². The Morgan fingerprint density at radius 2 is 2.38 bits per heavy atom. The Labute approximate surface area is 87.0 Å². The highest BCUT2D eigenvalue weighted by Gasteiger charge is 2.00. The summed E-state index contributed by atoms with van der Waals surface area (Å²) in [6, 6.07) is 1.90. The van der Waals surface area contributed by atoms with Crippen LogP contribution in [-0.2, 0) is 0 Å². The number of rotatable bonds is 4. The molecule has 0 aromatic carbocycles. The van der Waals surface area contributed by atoms with Gasteiger partial charge in [-0.3, -0.25) is 4.79 Å². The SMILES string of the molecule is Cc1cc(C=O)sc1C=CCCCl. The third-order valence-corrected chi connectivity index (χ3v) is 2.98. The first-order chi connectivity index (χ1) is 6.27. The number of carbonyl (C=O) groups excluding carboxylic acids is 1. The van der Waals surface area contributed by atoms with E-state index < -0.39 is 0 Å². The second-order valence-electron chi connectivity index (χ2n) is 2.69. The van der Waals surface area contributed by atoms with Crippen LogP contribution in [0.4, 0.5) is 0 Å². The summed E-state index contributed by atoms with van der Waals surface area (Å²) < 4.78 is 0. The van der Waals surface area contributed by atoms with Crippen molar-refractivity contribution in [3.63, 3.8) is 0 Å². The van der Waals surface area contributed by atoms with Crippen molar-refractivity contribution in [2.45, 2.75) is 13.3 Å². The number of alkyl halides is 1. The van der Waals surface area contributed by atoms with Crippen molar-refractivity contribution in [2.75, 3.05) is 5.88 Å². The highest BCUT2D eigenvalue weighted by atomic mass is 35.5. The van der Waals surface area contributed by atoms with Crippen LogP contribution < -0.4 is 0 Å². The third-order valence-electron chi connectivity index (χ3n) is 1.64. The molecule has 0 N–H and O–H groups in total. The molecule has 1 heterocycles. The van der Waals surface area contributed by atoms with E-state index in [-0.39, 0.29) is 0 Å². The van der Waals surface area contributed by atoms with Gasteiger partial charge in [0.2, 0.25) is 0 Å². The molecule has 0 saturated heterocycles. The number of aryl methyl sites for hydroxylation is 1. The van der Waals surface area contributed by atoms with Crippen molar-refractivity contribution in [1.29, 1.82) is 0 Å². The van der Waals surface area contributed by atoms with E-state index >= 15 is 0 Å². The summed E-state index contributed by atoms with van der Waals surface area (Å²) in [7, 11) is 0. The highest BCUT2D eigenvalue weighted by molar-refractivity contribution is 7.14. The van der Waals surface area contributed by atoms with Crippen LogP contribution in [0.15, 0.2) is 12.1 Å². The van der Waals surface area contributed by atoms with Gasteiger partial charge in [-0.15, -0.1) is 22.9 Å². The topological polar surface area (TPSA) is 17.1 Å². The van der Waals surface area contributed by atoms with E-state index in [9.17, 15) is 4.79 Å². The van der Waals surface area contributed by atoms with Crippen LogP contribution in [0.5, 0.6) is 0 Å². The minimum Gasteiger partial charge on any atom is -0.297 e. The van der Waals surface area contributed by atoms with E-state index in [1.54, 1.807) is 0 Å². The zero-order valence-corrected chi connectivity index (χ0v) is 8.99. The Morgan fingerprint density at radius 3 is 2.92 bits per heavy atom. The molecule has 0 bridgehead atoms. The van der Waals surface area contributed by atoms with Gasteiger partial charge in [0.25, 0.3) is 0 Å². The maximum atomic E-state index is 10.5. The van der Waals surface area contributed by atoms with Crippen molar-refractivity contribution in [2.24, 2.45) is 0 Å². The van der Waals surface area contributed by atoms with Gasteiger partial charge in [0.05, 0.1) is 4.88 Å². The molecule has 13 heavy (non-hydrogen) atoms. The lowest BCUT2D eigenvalue weighted by molar-refractivity contribution is 0.112. The fourth-order valence-corrected chi connectivity index (χ4v) is 2.05. The summed E-state index contributed by atoms with van der Waals surface area (Å²) in [4.78, 5) is 12.4. The van der Waals surface area contributed by atoms with E-state index in [0.717, 1.165) is 28.0 Å². The monoisotopic (exact) mass is 214 g/mol. The highest BCUT2D eigenvalue weighted by Crippen LogP contribution is 2.21. The summed E-state index contributed by atoms with van der Waals surface area (Å²) >= 11 is 7.05. The molecule has 1 rings (SSSR count). The van der Waals surface area contributed by atoms with Crippen molar-refractivity contribution in [3.05, 3.63) is 27.5 Å². The molecule has 0 aliphatic carbocycles. The molecule has 1 nitrogen and oxygen atoms in total. The lowest BCUT2D eigenvalue weighted by Crippen LogP contribution is -1.69. The molecule has 0 unspecified atom stereocenters. The number of hydrogen-bond acceptors (Lipinski definition) is 2. The van der Waals surface area contributed by atoms with Gasteiger partial charge in [-0.05, 0) is 31.1 Å². The lowest BCUT2D eigenvalue weighted by Gasteiger charge is -1.87. The zero-order valence-electron chi connectivity index (χ0n) is 7.42. The Kier molecular flexibility index (Phi) is 4.19. The molecule has 70 valence electrons. The van der Waals surface area contributed by atoms with Crippen molar-refractivity contribution in [3.8, 4) is 0 Å². The molecule has 0 saturated carbocycles. The fraction of sp³-hybridized carbons (Fsp3) is 0.300. The van der Waals surface area contributed by atoms with E-state index in [1.165, 1.54) is 11.3 Å². The molecule has 0 aliphatic rings. The predicted molar refractivity (Wildman–Crippen MR) is 58.8 cm³/mol. The summed E-state index contributed by atoms with van der Waals surface area (Å²) in [5.41, 5.74) is 1.15. The summed E-state index contributed by atoms with van der Waals surface area (Å²) in [6.45, 7) is 2.00.